The number of hydrogen-bond acceptors (Lipinski definition) is 5. The molecule has 0 saturated carbocycles. The largest absolute Gasteiger partial charge is 0.497 e. The SMILES string of the molecule is COc1ccc(C(=O)OC[C@@H]2C[C@@H](Br)C(OC)O2)cc1. The summed E-state index contributed by atoms with van der Waals surface area (Å²) in [7, 11) is 3.17. The van der Waals surface area contributed by atoms with E-state index in [0.717, 1.165) is 6.42 Å². The van der Waals surface area contributed by atoms with Crippen LogP contribution in [0.5, 0.6) is 5.75 Å². The van der Waals surface area contributed by atoms with Gasteiger partial charge in [-0.15, -0.1) is 0 Å². The Kier molecular flexibility index (Phi) is 5.39. The van der Waals surface area contributed by atoms with E-state index < -0.39 is 0 Å². The Balaban J connectivity index is 1.83. The zero-order chi connectivity index (χ0) is 14.5. The molecule has 1 aromatic carbocycles. The number of esters is 1. The molecule has 0 radical (unpaired) electrons. The van der Waals surface area contributed by atoms with Crippen LogP contribution in [0.2, 0.25) is 0 Å². The van der Waals surface area contributed by atoms with Crippen molar-refractivity contribution in [3.8, 4) is 5.75 Å². The number of halogens is 1. The summed E-state index contributed by atoms with van der Waals surface area (Å²) in [5, 5.41) is 0. The third kappa shape index (κ3) is 3.71. The van der Waals surface area contributed by atoms with Gasteiger partial charge in [-0.2, -0.15) is 0 Å². The Morgan fingerprint density at radius 3 is 2.60 bits per heavy atom. The molecule has 3 atom stereocenters. The van der Waals surface area contributed by atoms with Crippen molar-refractivity contribution in [3.05, 3.63) is 29.8 Å². The number of methoxy groups -OCH3 is 2. The lowest BCUT2D eigenvalue weighted by Gasteiger charge is -2.13. The monoisotopic (exact) mass is 344 g/mol. The first-order valence-corrected chi connectivity index (χ1v) is 7.19. The summed E-state index contributed by atoms with van der Waals surface area (Å²) < 4.78 is 21.0. The minimum atomic E-state index is -0.372. The van der Waals surface area contributed by atoms with Crippen molar-refractivity contribution in [2.24, 2.45) is 0 Å². The summed E-state index contributed by atoms with van der Waals surface area (Å²) in [6.45, 7) is 0.215. The van der Waals surface area contributed by atoms with Gasteiger partial charge in [-0.25, -0.2) is 4.79 Å². The van der Waals surface area contributed by atoms with Gasteiger partial charge in [0.1, 0.15) is 12.4 Å². The lowest BCUT2D eigenvalue weighted by molar-refractivity contribution is -0.121. The number of carbonyl (C=O) groups excluding carboxylic acids is 1. The standard InChI is InChI=1S/C14H17BrO5/c1-17-10-5-3-9(4-6-10)13(16)19-8-11-7-12(15)14(18-2)20-11/h3-6,11-12,14H,7-8H2,1-2H3/t11-,12+,14?/m0/s1. The van der Waals surface area contributed by atoms with Crippen LogP contribution < -0.4 is 4.74 Å². The normalized spacial score (nSPS) is 25.4. The topological polar surface area (TPSA) is 54.0 Å². The van der Waals surface area contributed by atoms with Crippen LogP contribution in [0.25, 0.3) is 0 Å². The molecule has 0 spiro atoms. The van der Waals surface area contributed by atoms with Crippen molar-refractivity contribution in [2.75, 3.05) is 20.8 Å². The second-order valence-electron chi connectivity index (χ2n) is 4.44. The summed E-state index contributed by atoms with van der Waals surface area (Å²) in [6.07, 6.45) is 0.306. The molecule has 1 unspecified atom stereocenters. The lowest BCUT2D eigenvalue weighted by Crippen LogP contribution is -2.21. The Labute approximate surface area is 126 Å². The molecule has 0 aliphatic carbocycles. The molecule has 0 amide bonds. The molecule has 6 heteroatoms. The summed E-state index contributed by atoms with van der Waals surface area (Å²) in [4.78, 5) is 12.0. The highest BCUT2D eigenvalue weighted by atomic mass is 79.9. The lowest BCUT2D eigenvalue weighted by atomic mass is 10.2. The van der Waals surface area contributed by atoms with Gasteiger partial charge in [0, 0.05) is 7.11 Å². The summed E-state index contributed by atoms with van der Waals surface area (Å²) in [5.41, 5.74) is 0.488. The summed E-state index contributed by atoms with van der Waals surface area (Å²) >= 11 is 3.47. The van der Waals surface area contributed by atoms with E-state index in [1.807, 2.05) is 0 Å². The number of benzene rings is 1. The molecular formula is C14H17BrO5. The van der Waals surface area contributed by atoms with Crippen LogP contribution in [-0.4, -0.2) is 44.0 Å². The average Bonchev–Trinajstić information content (AvgIpc) is 2.85. The zero-order valence-corrected chi connectivity index (χ0v) is 13.0. The Morgan fingerprint density at radius 2 is 2.05 bits per heavy atom. The zero-order valence-electron chi connectivity index (χ0n) is 11.4. The van der Waals surface area contributed by atoms with E-state index in [4.69, 9.17) is 18.9 Å². The van der Waals surface area contributed by atoms with E-state index in [0.29, 0.717) is 11.3 Å². The molecule has 1 fully saturated rings. The fourth-order valence-electron chi connectivity index (χ4n) is 1.98. The van der Waals surface area contributed by atoms with Crippen molar-refractivity contribution in [3.63, 3.8) is 0 Å². The van der Waals surface area contributed by atoms with Crippen LogP contribution in [0.15, 0.2) is 24.3 Å². The van der Waals surface area contributed by atoms with Crippen LogP contribution >= 0.6 is 15.9 Å². The van der Waals surface area contributed by atoms with Gasteiger partial charge in [0.25, 0.3) is 0 Å². The highest BCUT2D eigenvalue weighted by Gasteiger charge is 2.34. The van der Waals surface area contributed by atoms with Crippen molar-refractivity contribution in [1.29, 1.82) is 0 Å². The van der Waals surface area contributed by atoms with Gasteiger partial charge in [0.15, 0.2) is 6.29 Å². The highest BCUT2D eigenvalue weighted by molar-refractivity contribution is 9.09. The molecule has 20 heavy (non-hydrogen) atoms. The average molecular weight is 345 g/mol. The fraction of sp³-hybridized carbons (Fsp3) is 0.500. The molecule has 1 aromatic rings. The van der Waals surface area contributed by atoms with E-state index in [9.17, 15) is 4.79 Å². The second-order valence-corrected chi connectivity index (χ2v) is 5.62. The molecule has 5 nitrogen and oxygen atoms in total. The first kappa shape index (κ1) is 15.3. The van der Waals surface area contributed by atoms with Gasteiger partial charge < -0.3 is 18.9 Å². The quantitative estimate of drug-likeness (QED) is 0.606. The molecule has 2 rings (SSSR count). The van der Waals surface area contributed by atoms with E-state index in [1.54, 1.807) is 38.5 Å². The number of hydrogen-bond donors (Lipinski definition) is 0. The van der Waals surface area contributed by atoms with Crippen LogP contribution in [0.1, 0.15) is 16.8 Å². The van der Waals surface area contributed by atoms with Crippen LogP contribution in [0, 0.1) is 0 Å². The van der Waals surface area contributed by atoms with Gasteiger partial charge >= 0.3 is 5.97 Å². The van der Waals surface area contributed by atoms with E-state index in [1.165, 1.54) is 0 Å². The maximum atomic E-state index is 11.9. The summed E-state index contributed by atoms with van der Waals surface area (Å²) in [5.74, 6) is 0.328. The van der Waals surface area contributed by atoms with Crippen LogP contribution in [-0.2, 0) is 14.2 Å². The molecule has 110 valence electrons. The van der Waals surface area contributed by atoms with Gasteiger partial charge in [-0.1, -0.05) is 15.9 Å². The number of carbonyl (C=O) groups is 1. The molecule has 1 heterocycles. The molecule has 1 aliphatic heterocycles. The highest BCUT2D eigenvalue weighted by Crippen LogP contribution is 2.27. The second kappa shape index (κ2) is 7.06. The predicted octanol–water partition coefficient (Wildman–Crippen LogP) is 2.38. The van der Waals surface area contributed by atoms with Gasteiger partial charge in [0.2, 0.25) is 0 Å². The maximum absolute atomic E-state index is 11.9. The maximum Gasteiger partial charge on any atom is 0.338 e. The molecular weight excluding hydrogens is 328 g/mol. The van der Waals surface area contributed by atoms with Crippen molar-refractivity contribution in [1.82, 2.24) is 0 Å². The van der Waals surface area contributed by atoms with Crippen LogP contribution in [0.4, 0.5) is 0 Å². The fourth-order valence-corrected chi connectivity index (χ4v) is 2.74. The third-order valence-corrected chi connectivity index (χ3v) is 3.87. The number of ether oxygens (including phenoxy) is 4. The van der Waals surface area contributed by atoms with Crippen LogP contribution in [0.3, 0.4) is 0 Å². The minimum absolute atomic E-state index is 0.122. The Hall–Kier alpha value is -1.11. The van der Waals surface area contributed by atoms with E-state index in [-0.39, 0.29) is 29.8 Å². The molecule has 1 saturated heterocycles. The molecule has 0 N–H and O–H groups in total. The molecule has 1 aliphatic rings. The molecule has 0 bridgehead atoms. The van der Waals surface area contributed by atoms with Gasteiger partial charge in [-0.3, -0.25) is 0 Å². The van der Waals surface area contributed by atoms with Crippen molar-refractivity contribution >= 4 is 21.9 Å². The van der Waals surface area contributed by atoms with Gasteiger partial charge in [0.05, 0.1) is 23.6 Å². The number of alkyl halides is 1. The number of rotatable bonds is 5. The minimum Gasteiger partial charge on any atom is -0.497 e. The van der Waals surface area contributed by atoms with Crippen molar-refractivity contribution in [2.45, 2.75) is 23.6 Å². The first-order valence-electron chi connectivity index (χ1n) is 6.27. The Morgan fingerprint density at radius 1 is 1.35 bits per heavy atom. The molecule has 0 aromatic heterocycles. The van der Waals surface area contributed by atoms with E-state index in [2.05, 4.69) is 15.9 Å². The smallest absolute Gasteiger partial charge is 0.338 e. The summed E-state index contributed by atoms with van der Waals surface area (Å²) in [6, 6.07) is 6.78. The van der Waals surface area contributed by atoms with Gasteiger partial charge in [-0.05, 0) is 30.7 Å². The Bertz CT molecular complexity index is 447. The first-order chi connectivity index (χ1) is 9.63. The van der Waals surface area contributed by atoms with Crippen molar-refractivity contribution < 1.29 is 23.7 Å². The van der Waals surface area contributed by atoms with E-state index >= 15 is 0 Å². The third-order valence-electron chi connectivity index (χ3n) is 3.07. The predicted molar refractivity (Wildman–Crippen MR) is 76.3 cm³/mol.